The molecule has 1 atom stereocenters. The summed E-state index contributed by atoms with van der Waals surface area (Å²) in [6.45, 7) is 2.09. The zero-order valence-corrected chi connectivity index (χ0v) is 8.87. The molecule has 0 aliphatic carbocycles. The molecule has 0 rings (SSSR count). The van der Waals surface area contributed by atoms with Crippen molar-refractivity contribution in [2.24, 2.45) is 5.73 Å². The first kappa shape index (κ1) is 12.1. The molecule has 0 aromatic rings. The average molecular weight is 209 g/mol. The molecular formula is C7H15NO2S2. The third-order valence-corrected chi connectivity index (χ3v) is 2.35. The van der Waals surface area contributed by atoms with Gasteiger partial charge in [-0.05, 0) is 6.42 Å². The SMILES string of the molecule is CCCCSOC(=O)[C@@H](N)CS. The summed E-state index contributed by atoms with van der Waals surface area (Å²) >= 11 is 5.05. The van der Waals surface area contributed by atoms with Gasteiger partial charge in [0, 0.05) is 11.5 Å². The number of nitrogens with two attached hydrogens (primary N) is 1. The normalized spacial score (nSPS) is 12.6. The van der Waals surface area contributed by atoms with E-state index in [2.05, 4.69) is 19.6 Å². The Balaban J connectivity index is 3.31. The van der Waals surface area contributed by atoms with Crippen LogP contribution in [-0.2, 0) is 8.98 Å². The Bertz CT molecular complexity index is 133. The lowest BCUT2D eigenvalue weighted by Crippen LogP contribution is -2.32. The van der Waals surface area contributed by atoms with E-state index in [0.717, 1.165) is 18.6 Å². The van der Waals surface area contributed by atoms with E-state index in [0.29, 0.717) is 5.75 Å². The van der Waals surface area contributed by atoms with Crippen LogP contribution in [0.15, 0.2) is 0 Å². The van der Waals surface area contributed by atoms with E-state index < -0.39 is 6.04 Å². The van der Waals surface area contributed by atoms with Crippen molar-refractivity contribution in [3.8, 4) is 0 Å². The van der Waals surface area contributed by atoms with E-state index in [-0.39, 0.29) is 5.97 Å². The summed E-state index contributed by atoms with van der Waals surface area (Å²) < 4.78 is 4.80. The summed E-state index contributed by atoms with van der Waals surface area (Å²) in [5, 5.41) is 0. The van der Waals surface area contributed by atoms with Crippen LogP contribution in [0.5, 0.6) is 0 Å². The van der Waals surface area contributed by atoms with Crippen LogP contribution in [0.2, 0.25) is 0 Å². The molecule has 0 spiro atoms. The Kier molecular flexibility index (Phi) is 7.85. The third-order valence-electron chi connectivity index (χ3n) is 1.22. The highest BCUT2D eigenvalue weighted by molar-refractivity contribution is 7.95. The Hall–Kier alpha value is 0.130. The van der Waals surface area contributed by atoms with Gasteiger partial charge in [0.2, 0.25) is 0 Å². The fourth-order valence-corrected chi connectivity index (χ4v) is 1.32. The fraction of sp³-hybridized carbons (Fsp3) is 0.857. The van der Waals surface area contributed by atoms with Crippen molar-refractivity contribution >= 4 is 30.6 Å². The molecule has 72 valence electrons. The molecule has 5 heteroatoms. The van der Waals surface area contributed by atoms with Gasteiger partial charge in [0.05, 0.1) is 12.0 Å². The maximum Gasteiger partial charge on any atom is 0.335 e. The molecule has 2 N–H and O–H groups in total. The number of hydrogen-bond acceptors (Lipinski definition) is 5. The fourth-order valence-electron chi connectivity index (χ4n) is 0.439. The maximum absolute atomic E-state index is 10.9. The first-order chi connectivity index (χ1) is 5.72. The monoisotopic (exact) mass is 209 g/mol. The van der Waals surface area contributed by atoms with E-state index in [9.17, 15) is 4.79 Å². The van der Waals surface area contributed by atoms with Crippen molar-refractivity contribution < 1.29 is 8.98 Å². The molecule has 0 heterocycles. The van der Waals surface area contributed by atoms with Crippen LogP contribution >= 0.6 is 24.7 Å². The van der Waals surface area contributed by atoms with Crippen LogP contribution < -0.4 is 5.73 Å². The standard InChI is InChI=1S/C7H15NO2S2/c1-2-3-4-12-10-7(9)6(8)5-11/h6,11H,2-5,8H2,1H3/t6-/m0/s1. The van der Waals surface area contributed by atoms with E-state index in [4.69, 9.17) is 9.92 Å². The smallest absolute Gasteiger partial charge is 0.335 e. The van der Waals surface area contributed by atoms with Crippen molar-refractivity contribution in [1.29, 1.82) is 0 Å². The summed E-state index contributed by atoms with van der Waals surface area (Å²) in [6, 6.07) is -0.595. The summed E-state index contributed by atoms with van der Waals surface area (Å²) in [4.78, 5) is 10.9. The number of rotatable bonds is 6. The molecular weight excluding hydrogens is 194 g/mol. The minimum atomic E-state index is -0.595. The lowest BCUT2D eigenvalue weighted by atomic mass is 10.4. The minimum absolute atomic E-state index is 0.327. The van der Waals surface area contributed by atoms with Crippen LogP contribution in [0.3, 0.4) is 0 Å². The second kappa shape index (κ2) is 7.76. The van der Waals surface area contributed by atoms with Crippen LogP contribution in [-0.4, -0.2) is 23.5 Å². The van der Waals surface area contributed by atoms with Gasteiger partial charge in [-0.1, -0.05) is 13.3 Å². The highest BCUT2D eigenvalue weighted by atomic mass is 32.2. The molecule has 0 fully saturated rings. The van der Waals surface area contributed by atoms with Crippen LogP contribution in [0.25, 0.3) is 0 Å². The Labute approximate surface area is 83.0 Å². The zero-order valence-electron chi connectivity index (χ0n) is 7.16. The molecule has 0 aromatic heterocycles. The molecule has 0 saturated heterocycles. The summed E-state index contributed by atoms with van der Waals surface area (Å²) in [5.41, 5.74) is 5.37. The van der Waals surface area contributed by atoms with Crippen LogP contribution in [0.4, 0.5) is 0 Å². The quantitative estimate of drug-likeness (QED) is 0.392. The zero-order chi connectivity index (χ0) is 9.40. The first-order valence-corrected chi connectivity index (χ1v) is 5.46. The Morgan fingerprint density at radius 1 is 1.75 bits per heavy atom. The molecule has 3 nitrogen and oxygen atoms in total. The summed E-state index contributed by atoms with van der Waals surface area (Å²) in [6.07, 6.45) is 2.15. The van der Waals surface area contributed by atoms with Gasteiger partial charge in [-0.2, -0.15) is 12.6 Å². The lowest BCUT2D eigenvalue weighted by molar-refractivity contribution is -0.133. The predicted molar refractivity (Wildman–Crippen MR) is 55.3 cm³/mol. The van der Waals surface area contributed by atoms with Crippen molar-refractivity contribution in [3.63, 3.8) is 0 Å². The second-order valence-electron chi connectivity index (χ2n) is 2.37. The molecule has 0 aliphatic rings. The van der Waals surface area contributed by atoms with Crippen molar-refractivity contribution in [1.82, 2.24) is 0 Å². The largest absolute Gasteiger partial charge is 0.390 e. The Morgan fingerprint density at radius 2 is 2.42 bits per heavy atom. The summed E-state index contributed by atoms with van der Waals surface area (Å²) in [7, 11) is 0. The van der Waals surface area contributed by atoms with Crippen molar-refractivity contribution in [3.05, 3.63) is 0 Å². The van der Waals surface area contributed by atoms with Crippen LogP contribution in [0.1, 0.15) is 19.8 Å². The van der Waals surface area contributed by atoms with E-state index in [1.807, 2.05) is 0 Å². The number of thiol groups is 1. The molecule has 0 bridgehead atoms. The van der Waals surface area contributed by atoms with Gasteiger partial charge in [0.15, 0.2) is 0 Å². The number of carbonyl (C=O) groups is 1. The van der Waals surface area contributed by atoms with E-state index in [1.165, 1.54) is 12.0 Å². The molecule has 0 unspecified atom stereocenters. The Morgan fingerprint density at radius 3 is 2.92 bits per heavy atom. The lowest BCUT2D eigenvalue weighted by Gasteiger charge is -2.06. The summed E-state index contributed by atoms with van der Waals surface area (Å²) in [5.74, 6) is 0.778. The van der Waals surface area contributed by atoms with Gasteiger partial charge in [-0.3, -0.25) is 0 Å². The van der Waals surface area contributed by atoms with Gasteiger partial charge in [-0.25, -0.2) is 4.79 Å². The molecule has 0 amide bonds. The van der Waals surface area contributed by atoms with Crippen LogP contribution in [0, 0.1) is 0 Å². The number of carbonyl (C=O) groups excluding carboxylic acids is 1. The van der Waals surface area contributed by atoms with E-state index in [1.54, 1.807) is 0 Å². The van der Waals surface area contributed by atoms with Gasteiger partial charge in [0.1, 0.15) is 6.04 Å². The van der Waals surface area contributed by atoms with Crippen molar-refractivity contribution in [2.45, 2.75) is 25.8 Å². The molecule has 0 saturated carbocycles. The number of hydrogen-bond donors (Lipinski definition) is 2. The molecule has 0 aliphatic heterocycles. The topological polar surface area (TPSA) is 52.3 Å². The average Bonchev–Trinajstić information content (AvgIpc) is 2.10. The number of unbranched alkanes of at least 4 members (excludes halogenated alkanes) is 1. The molecule has 0 aromatic carbocycles. The first-order valence-electron chi connectivity index (χ1n) is 3.92. The predicted octanol–water partition coefficient (Wildman–Crippen LogP) is 1.24. The highest BCUT2D eigenvalue weighted by Crippen LogP contribution is 2.07. The molecule has 12 heavy (non-hydrogen) atoms. The van der Waals surface area contributed by atoms with Gasteiger partial charge >= 0.3 is 5.97 Å². The minimum Gasteiger partial charge on any atom is -0.390 e. The highest BCUT2D eigenvalue weighted by Gasteiger charge is 2.12. The second-order valence-corrected chi connectivity index (χ2v) is 3.54. The maximum atomic E-state index is 10.9. The molecule has 0 radical (unpaired) electrons. The van der Waals surface area contributed by atoms with Gasteiger partial charge in [0.25, 0.3) is 0 Å². The van der Waals surface area contributed by atoms with Gasteiger partial charge in [-0.15, -0.1) is 0 Å². The third kappa shape index (κ3) is 5.74. The van der Waals surface area contributed by atoms with Gasteiger partial charge < -0.3 is 9.92 Å². The van der Waals surface area contributed by atoms with E-state index >= 15 is 0 Å². The van der Waals surface area contributed by atoms with Crippen molar-refractivity contribution in [2.75, 3.05) is 11.5 Å².